The highest BCUT2D eigenvalue weighted by Crippen LogP contribution is 2.32. The van der Waals surface area contributed by atoms with Crippen LogP contribution in [0.3, 0.4) is 0 Å². The molecule has 2 amide bonds. The van der Waals surface area contributed by atoms with Gasteiger partial charge in [0.1, 0.15) is 0 Å². The number of carbonyl (C=O) groups is 1. The molecule has 2 aromatic carbocycles. The molecule has 3 rings (SSSR count). The topological polar surface area (TPSA) is 73.0 Å². The van der Waals surface area contributed by atoms with E-state index < -0.39 is 10.0 Å². The molecule has 27 heavy (non-hydrogen) atoms. The lowest BCUT2D eigenvalue weighted by molar-refractivity contribution is 0.257. The predicted octanol–water partition coefficient (Wildman–Crippen LogP) is 2.76. The Hall–Kier alpha value is -2.15. The Morgan fingerprint density at radius 2 is 1.78 bits per heavy atom. The van der Waals surface area contributed by atoms with Crippen molar-refractivity contribution in [1.82, 2.24) is 4.08 Å². The van der Waals surface area contributed by atoms with Gasteiger partial charge in [-0.3, -0.25) is 4.90 Å². The van der Waals surface area contributed by atoms with Gasteiger partial charge in [-0.1, -0.05) is 6.07 Å². The Morgan fingerprint density at radius 1 is 1.11 bits per heavy atom. The number of nitrogens with zero attached hydrogens (tertiary/aromatic N) is 3. The molecule has 0 saturated carbocycles. The van der Waals surface area contributed by atoms with Gasteiger partial charge in [0.05, 0.1) is 10.6 Å². The van der Waals surface area contributed by atoms with Crippen molar-refractivity contribution in [2.45, 2.75) is 11.3 Å². The third kappa shape index (κ3) is 3.93. The summed E-state index contributed by atoms with van der Waals surface area (Å²) in [4.78, 5) is 16.5. The van der Waals surface area contributed by atoms with E-state index in [1.54, 1.807) is 23.1 Å². The minimum atomic E-state index is -3.59. The van der Waals surface area contributed by atoms with Gasteiger partial charge in [-0.05, 0) is 57.8 Å². The van der Waals surface area contributed by atoms with Gasteiger partial charge in [-0.2, -0.15) is 4.08 Å². The number of hydrogen-bond donors (Lipinski definition) is 1. The van der Waals surface area contributed by atoms with E-state index in [2.05, 4.69) is 14.7 Å². The van der Waals surface area contributed by atoms with Crippen LogP contribution in [0.5, 0.6) is 0 Å². The van der Waals surface area contributed by atoms with E-state index in [1.165, 1.54) is 7.05 Å². The van der Waals surface area contributed by atoms with Gasteiger partial charge in [-0.15, -0.1) is 0 Å². The van der Waals surface area contributed by atoms with Gasteiger partial charge in [0, 0.05) is 39.1 Å². The molecule has 0 spiro atoms. The lowest BCUT2D eigenvalue weighted by atomic mass is 10.2. The summed E-state index contributed by atoms with van der Waals surface area (Å²) in [5.41, 5.74) is 3.31. The molecule has 1 heterocycles. The lowest BCUT2D eigenvalue weighted by Gasteiger charge is -2.20. The van der Waals surface area contributed by atoms with Crippen molar-refractivity contribution in [1.29, 1.82) is 0 Å². The Bertz CT molecular complexity index is 959. The second kappa shape index (κ2) is 7.46. The van der Waals surface area contributed by atoms with Crippen LogP contribution in [0.15, 0.2) is 47.4 Å². The zero-order chi connectivity index (χ0) is 19.8. The van der Waals surface area contributed by atoms with Crippen molar-refractivity contribution in [3.05, 3.63) is 48.0 Å². The molecule has 7 nitrogen and oxygen atoms in total. The van der Waals surface area contributed by atoms with E-state index in [4.69, 9.17) is 0 Å². The Kier molecular flexibility index (Phi) is 5.42. The van der Waals surface area contributed by atoms with Crippen LogP contribution < -0.4 is 15.1 Å². The van der Waals surface area contributed by atoms with Crippen molar-refractivity contribution >= 4 is 42.5 Å². The van der Waals surface area contributed by atoms with Gasteiger partial charge in [0.25, 0.3) is 0 Å². The summed E-state index contributed by atoms with van der Waals surface area (Å²) in [5, 5.41) is 2.88. The van der Waals surface area contributed by atoms with E-state index in [0.29, 0.717) is 24.3 Å². The van der Waals surface area contributed by atoms with Gasteiger partial charge < -0.3 is 10.2 Å². The summed E-state index contributed by atoms with van der Waals surface area (Å²) in [7, 11) is 3.92. The summed E-state index contributed by atoms with van der Waals surface area (Å²) in [5.74, 6) is 0. The maximum absolute atomic E-state index is 12.7. The smallest absolute Gasteiger partial charge is 0.326 e. The molecule has 2 aromatic rings. The quantitative estimate of drug-likeness (QED) is 0.793. The summed E-state index contributed by atoms with van der Waals surface area (Å²) in [6, 6.07) is 12.2. The molecule has 9 heteroatoms. The number of carbonyl (C=O) groups excluding carboxylic acids is 1. The fourth-order valence-corrected chi connectivity index (χ4v) is 4.13. The van der Waals surface area contributed by atoms with Crippen molar-refractivity contribution in [2.75, 3.05) is 42.8 Å². The fourth-order valence-electron chi connectivity index (χ4n) is 2.93. The summed E-state index contributed by atoms with van der Waals surface area (Å²) >= 11 is 0. The van der Waals surface area contributed by atoms with E-state index in [0.717, 1.165) is 15.3 Å². The summed E-state index contributed by atoms with van der Waals surface area (Å²) < 4.78 is 25.8. The maximum atomic E-state index is 12.7. The van der Waals surface area contributed by atoms with Gasteiger partial charge in [-0.25, -0.2) is 13.2 Å². The molecule has 0 aromatic heterocycles. The van der Waals surface area contributed by atoms with Crippen LogP contribution in [0.2, 0.25) is 0 Å². The lowest BCUT2D eigenvalue weighted by Crippen LogP contribution is -2.33. The fraction of sp³-hybridized carbons (Fsp3) is 0.278. The first-order valence-electron chi connectivity index (χ1n) is 8.42. The zero-order valence-corrected chi connectivity index (χ0v) is 17.5. The molecule has 0 saturated heterocycles. The minimum absolute atomic E-state index is 0.161. The molecule has 0 bridgehead atoms. The SMILES string of the molecule is CN(C)c1ccc(NC(=O)N2CCc3ccc(S(=O)(=O)N(C)P)cc32)cc1. The molecule has 0 fully saturated rings. The molecular formula is C18H23N4O3PS. The standard InChI is InChI=1S/C18H23N4O3PS/c1-20(2)15-7-5-14(6-8-15)19-18(23)22-11-10-13-4-9-16(12-17(13)22)27(24,25)21(3)26/h4-9,12H,10-11,26H2,1-3H3,(H,19,23). The van der Waals surface area contributed by atoms with Gasteiger partial charge in [0.2, 0.25) is 10.0 Å². The molecular weight excluding hydrogens is 383 g/mol. The van der Waals surface area contributed by atoms with Crippen molar-refractivity contribution in [3.63, 3.8) is 0 Å². The highest BCUT2D eigenvalue weighted by Gasteiger charge is 2.27. The number of rotatable bonds is 4. The summed E-state index contributed by atoms with van der Waals surface area (Å²) in [6.07, 6.45) is 0.694. The van der Waals surface area contributed by atoms with Crippen LogP contribution in [0.4, 0.5) is 21.9 Å². The molecule has 1 N–H and O–H groups in total. The average Bonchev–Trinajstić information content (AvgIpc) is 3.05. The molecule has 1 atom stereocenters. The van der Waals surface area contributed by atoms with E-state index in [1.807, 2.05) is 43.3 Å². The summed E-state index contributed by atoms with van der Waals surface area (Å²) in [6.45, 7) is 0.511. The monoisotopic (exact) mass is 406 g/mol. The largest absolute Gasteiger partial charge is 0.378 e. The molecule has 1 aliphatic heterocycles. The van der Waals surface area contributed by atoms with Crippen molar-refractivity contribution in [2.24, 2.45) is 0 Å². The number of fused-ring (bicyclic) bond motifs is 1. The van der Waals surface area contributed by atoms with Crippen molar-refractivity contribution < 1.29 is 13.2 Å². The normalized spacial score (nSPS) is 13.6. The minimum Gasteiger partial charge on any atom is -0.378 e. The Balaban J connectivity index is 1.83. The molecule has 0 aliphatic carbocycles. The highest BCUT2D eigenvalue weighted by atomic mass is 32.2. The number of anilines is 3. The number of urea groups is 1. The highest BCUT2D eigenvalue weighted by molar-refractivity contribution is 7.91. The van der Waals surface area contributed by atoms with Crippen LogP contribution >= 0.6 is 9.39 Å². The first-order valence-corrected chi connectivity index (χ1v) is 10.4. The first-order chi connectivity index (χ1) is 12.7. The number of sulfonamides is 1. The van der Waals surface area contributed by atoms with Gasteiger partial charge in [0.15, 0.2) is 0 Å². The Morgan fingerprint density at radius 3 is 2.37 bits per heavy atom. The predicted molar refractivity (Wildman–Crippen MR) is 112 cm³/mol. The number of nitrogens with one attached hydrogen (secondary N) is 1. The maximum Gasteiger partial charge on any atom is 0.326 e. The average molecular weight is 406 g/mol. The second-order valence-electron chi connectivity index (χ2n) is 6.58. The first kappa shape index (κ1) is 19.6. The van der Waals surface area contributed by atoms with E-state index in [9.17, 15) is 13.2 Å². The third-order valence-electron chi connectivity index (χ3n) is 4.51. The number of benzene rings is 2. The van der Waals surface area contributed by atoms with Gasteiger partial charge >= 0.3 is 6.03 Å². The van der Waals surface area contributed by atoms with Crippen LogP contribution in [0, 0.1) is 0 Å². The zero-order valence-electron chi connectivity index (χ0n) is 15.5. The number of amides is 2. The molecule has 1 aliphatic rings. The molecule has 1 unspecified atom stereocenters. The number of hydrogen-bond acceptors (Lipinski definition) is 4. The van der Waals surface area contributed by atoms with Crippen molar-refractivity contribution in [3.8, 4) is 0 Å². The molecule has 144 valence electrons. The van der Waals surface area contributed by atoms with E-state index >= 15 is 0 Å². The third-order valence-corrected chi connectivity index (χ3v) is 6.95. The second-order valence-corrected chi connectivity index (χ2v) is 9.73. The molecule has 0 radical (unpaired) electrons. The van der Waals surface area contributed by atoms with E-state index in [-0.39, 0.29) is 10.9 Å². The van der Waals surface area contributed by atoms with Crippen LogP contribution in [0.25, 0.3) is 0 Å². The van der Waals surface area contributed by atoms with Crippen LogP contribution in [-0.2, 0) is 16.4 Å². The van der Waals surface area contributed by atoms with Crippen LogP contribution in [0.1, 0.15) is 5.56 Å². The van der Waals surface area contributed by atoms with Crippen LogP contribution in [-0.4, -0.2) is 46.2 Å². The Labute approximate surface area is 162 Å².